The van der Waals surface area contributed by atoms with Crippen LogP contribution in [0.1, 0.15) is 24.5 Å². The molecule has 224 valence electrons. The molecular weight excluding hydrogens is 576 g/mol. The van der Waals surface area contributed by atoms with Crippen LogP contribution in [0.2, 0.25) is 0 Å². The fourth-order valence-corrected chi connectivity index (χ4v) is 7.73. The minimum absolute atomic E-state index is 0.147. The first-order valence-electron chi connectivity index (χ1n) is 16.0. The maximum atomic E-state index is 12.7. The van der Waals surface area contributed by atoms with E-state index in [0.717, 1.165) is 38.6 Å². The van der Waals surface area contributed by atoms with Gasteiger partial charge in [0.15, 0.2) is 0 Å². The monoisotopic (exact) mass is 606 g/mol. The third-order valence-corrected chi connectivity index (χ3v) is 10.1. The van der Waals surface area contributed by atoms with E-state index in [0.29, 0.717) is 12.0 Å². The molecule has 1 aromatic heterocycles. The predicted molar refractivity (Wildman–Crippen MR) is 195 cm³/mol. The summed E-state index contributed by atoms with van der Waals surface area (Å²) in [4.78, 5) is 12.5. The second-order valence-electron chi connectivity index (χ2n) is 12.8. The topological polar surface area (TPSA) is 48.1 Å². The van der Waals surface area contributed by atoms with Crippen LogP contribution in [-0.4, -0.2) is 9.49 Å². The molecule has 47 heavy (non-hydrogen) atoms. The van der Waals surface area contributed by atoms with Crippen molar-refractivity contribution in [2.24, 2.45) is 0 Å². The Hall–Kier alpha value is -6.00. The zero-order valence-corrected chi connectivity index (χ0v) is 25.9. The van der Waals surface area contributed by atoms with Gasteiger partial charge in [-0.15, -0.1) is 0 Å². The van der Waals surface area contributed by atoms with Crippen molar-refractivity contribution in [3.05, 3.63) is 179 Å². The summed E-state index contributed by atoms with van der Waals surface area (Å²) in [5.41, 5.74) is 5.47. The summed E-state index contributed by atoms with van der Waals surface area (Å²) in [5, 5.41) is 22.2. The SMILES string of the molecule is CC1(c2ccc3c4ccccc4c4ccccc4c3c2)C=C([N+](=O)[O-])C(c2ccc3c(c2)c2ccccc2n3-c2ccccc2)=CC1. The van der Waals surface area contributed by atoms with E-state index in [1.807, 2.05) is 36.4 Å². The van der Waals surface area contributed by atoms with Gasteiger partial charge < -0.3 is 4.57 Å². The molecule has 1 atom stereocenters. The number of fused-ring (bicyclic) bond motifs is 9. The van der Waals surface area contributed by atoms with Crippen molar-refractivity contribution >= 4 is 59.7 Å². The lowest BCUT2D eigenvalue weighted by molar-refractivity contribution is -0.417. The molecule has 0 radical (unpaired) electrons. The molecule has 7 aromatic carbocycles. The van der Waals surface area contributed by atoms with E-state index in [2.05, 4.69) is 127 Å². The van der Waals surface area contributed by atoms with Gasteiger partial charge in [0, 0.05) is 28.0 Å². The van der Waals surface area contributed by atoms with Gasteiger partial charge in [-0.25, -0.2) is 0 Å². The van der Waals surface area contributed by atoms with E-state index < -0.39 is 5.41 Å². The van der Waals surface area contributed by atoms with E-state index in [-0.39, 0.29) is 10.6 Å². The number of hydrogen-bond acceptors (Lipinski definition) is 2. The number of para-hydroxylation sites is 2. The zero-order chi connectivity index (χ0) is 31.7. The number of nitrogens with zero attached hydrogens (tertiary/aromatic N) is 2. The van der Waals surface area contributed by atoms with E-state index in [9.17, 15) is 10.1 Å². The second-order valence-corrected chi connectivity index (χ2v) is 12.8. The quantitative estimate of drug-likeness (QED) is 0.114. The summed E-state index contributed by atoms with van der Waals surface area (Å²) < 4.78 is 2.26. The minimum Gasteiger partial charge on any atom is -0.309 e. The van der Waals surface area contributed by atoms with Gasteiger partial charge in [-0.3, -0.25) is 10.1 Å². The Kier molecular flexibility index (Phi) is 5.97. The molecule has 4 nitrogen and oxygen atoms in total. The lowest BCUT2D eigenvalue weighted by atomic mass is 9.73. The number of aromatic nitrogens is 1. The summed E-state index contributed by atoms with van der Waals surface area (Å²) >= 11 is 0. The molecule has 8 aromatic rings. The molecule has 0 N–H and O–H groups in total. The molecule has 0 saturated heterocycles. The van der Waals surface area contributed by atoms with Crippen LogP contribution < -0.4 is 0 Å². The molecule has 0 spiro atoms. The lowest BCUT2D eigenvalue weighted by Crippen LogP contribution is -2.24. The number of allylic oxidation sites excluding steroid dienone is 3. The molecule has 0 fully saturated rings. The highest BCUT2D eigenvalue weighted by Gasteiger charge is 2.34. The predicted octanol–water partition coefficient (Wildman–Crippen LogP) is 11.1. The van der Waals surface area contributed by atoms with Crippen molar-refractivity contribution < 1.29 is 4.92 Å². The number of rotatable bonds is 4. The molecule has 0 aliphatic heterocycles. The number of benzene rings is 7. The van der Waals surface area contributed by atoms with Crippen LogP contribution in [0.15, 0.2) is 157 Å². The van der Waals surface area contributed by atoms with Crippen LogP contribution in [0.25, 0.3) is 65.4 Å². The van der Waals surface area contributed by atoms with Gasteiger partial charge in [-0.05, 0) is 86.3 Å². The maximum absolute atomic E-state index is 12.7. The molecule has 1 unspecified atom stereocenters. The average Bonchev–Trinajstić information content (AvgIpc) is 3.45. The average molecular weight is 607 g/mol. The van der Waals surface area contributed by atoms with Crippen LogP contribution >= 0.6 is 0 Å². The van der Waals surface area contributed by atoms with Crippen LogP contribution in [0, 0.1) is 10.1 Å². The third-order valence-electron chi connectivity index (χ3n) is 10.1. The highest BCUT2D eigenvalue weighted by atomic mass is 16.6. The number of hydrogen-bond donors (Lipinski definition) is 0. The number of nitro groups is 1. The van der Waals surface area contributed by atoms with Gasteiger partial charge in [-0.2, -0.15) is 0 Å². The van der Waals surface area contributed by atoms with Crippen molar-refractivity contribution in [1.82, 2.24) is 4.57 Å². The van der Waals surface area contributed by atoms with E-state index in [4.69, 9.17) is 0 Å². The molecular formula is C43H30N2O2. The first-order chi connectivity index (χ1) is 23.0. The van der Waals surface area contributed by atoms with Crippen LogP contribution in [0.5, 0.6) is 0 Å². The fourth-order valence-electron chi connectivity index (χ4n) is 7.73. The molecule has 9 rings (SSSR count). The molecule has 1 aliphatic carbocycles. The Balaban J connectivity index is 1.18. The van der Waals surface area contributed by atoms with Gasteiger partial charge in [0.25, 0.3) is 5.70 Å². The molecule has 0 amide bonds. The molecule has 1 aliphatic rings. The Labute approximate surface area is 271 Å². The van der Waals surface area contributed by atoms with Gasteiger partial charge in [0.05, 0.1) is 21.5 Å². The van der Waals surface area contributed by atoms with E-state index in [1.54, 1.807) is 0 Å². The maximum Gasteiger partial charge on any atom is 0.273 e. The van der Waals surface area contributed by atoms with Crippen molar-refractivity contribution in [1.29, 1.82) is 0 Å². The normalized spacial score (nSPS) is 16.6. The molecule has 0 saturated carbocycles. The van der Waals surface area contributed by atoms with E-state index >= 15 is 0 Å². The fraction of sp³-hybridized carbons (Fsp3) is 0.0698. The van der Waals surface area contributed by atoms with Gasteiger partial charge in [0.1, 0.15) is 0 Å². The smallest absolute Gasteiger partial charge is 0.273 e. The van der Waals surface area contributed by atoms with Crippen LogP contribution in [0.4, 0.5) is 0 Å². The van der Waals surface area contributed by atoms with E-state index in [1.165, 1.54) is 32.3 Å². The van der Waals surface area contributed by atoms with Gasteiger partial charge >= 0.3 is 0 Å². The summed E-state index contributed by atoms with van der Waals surface area (Å²) in [6.45, 7) is 2.12. The Morgan fingerprint density at radius 1 is 0.596 bits per heavy atom. The highest BCUT2D eigenvalue weighted by molar-refractivity contribution is 6.25. The van der Waals surface area contributed by atoms with Crippen LogP contribution in [0.3, 0.4) is 0 Å². The second kappa shape index (κ2) is 10.3. The first kappa shape index (κ1) is 27.3. The first-order valence-corrected chi connectivity index (χ1v) is 16.0. The van der Waals surface area contributed by atoms with Crippen LogP contribution in [-0.2, 0) is 5.41 Å². The van der Waals surface area contributed by atoms with Crippen molar-refractivity contribution in [3.8, 4) is 5.69 Å². The van der Waals surface area contributed by atoms with Gasteiger partial charge in [0.2, 0.25) is 0 Å². The standard InChI is InChI=1S/C43H30N2O2/c1-43(29-20-21-36-34-15-6-5-13-32(34)33-14-7-8-16-35(33)38(36)26-29)24-23-31(42(27-43)45(46)47)28-19-22-41-39(25-28)37-17-9-10-18-40(37)44(41)30-11-3-2-4-12-30/h2-23,25-27H,24H2,1H3. The molecule has 0 bridgehead atoms. The largest absolute Gasteiger partial charge is 0.309 e. The summed E-state index contributed by atoms with van der Waals surface area (Å²) in [6.07, 6.45) is 4.60. The Morgan fingerprint density at radius 3 is 1.85 bits per heavy atom. The molecule has 4 heteroatoms. The zero-order valence-electron chi connectivity index (χ0n) is 25.9. The van der Waals surface area contributed by atoms with Crippen molar-refractivity contribution in [3.63, 3.8) is 0 Å². The summed E-state index contributed by atoms with van der Waals surface area (Å²) in [5.74, 6) is 0. The molecule has 1 heterocycles. The summed E-state index contributed by atoms with van der Waals surface area (Å²) in [7, 11) is 0. The van der Waals surface area contributed by atoms with Gasteiger partial charge in [-0.1, -0.05) is 116 Å². The highest BCUT2D eigenvalue weighted by Crippen LogP contribution is 2.44. The van der Waals surface area contributed by atoms with Crippen molar-refractivity contribution in [2.75, 3.05) is 0 Å². The Morgan fingerprint density at radius 2 is 1.17 bits per heavy atom. The summed E-state index contributed by atoms with van der Waals surface area (Å²) in [6, 6.07) is 48.6. The Bertz CT molecular complexity index is 2610. The minimum atomic E-state index is -0.541. The third kappa shape index (κ3) is 4.15. The lowest BCUT2D eigenvalue weighted by Gasteiger charge is -2.29. The van der Waals surface area contributed by atoms with Crippen molar-refractivity contribution in [2.45, 2.75) is 18.8 Å².